The molecule has 4 aliphatic carbocycles. The van der Waals surface area contributed by atoms with Crippen LogP contribution < -0.4 is 0 Å². The highest BCUT2D eigenvalue weighted by atomic mass is 16.3. The number of phenolic OH excluding ortho intramolecular Hbond substituents is 2. The van der Waals surface area contributed by atoms with Gasteiger partial charge < -0.3 is 10.2 Å². The number of aromatic hydroxyl groups is 2. The van der Waals surface area contributed by atoms with Gasteiger partial charge in [0, 0.05) is 0 Å². The molecule has 0 heterocycles. The Balaban J connectivity index is 1.61. The van der Waals surface area contributed by atoms with Gasteiger partial charge in [-0.3, -0.25) is 0 Å². The minimum absolute atomic E-state index is 0.479. The standard InChI is InChI=1S/C36H50O2/c37-29-21-31(25-13-5-1-6-14-25)35(32(22-29)26-15-7-2-8-16-26)36-33(27-17-9-3-10-18-27)23-30(38)24-34(36)28-19-11-4-12-20-28/h21-28,37-38H,1-20H2. The van der Waals surface area contributed by atoms with Crippen LogP contribution in [0, 0.1) is 0 Å². The van der Waals surface area contributed by atoms with Gasteiger partial charge >= 0.3 is 0 Å². The van der Waals surface area contributed by atoms with Gasteiger partial charge in [0.25, 0.3) is 0 Å². The maximum Gasteiger partial charge on any atom is 0.116 e. The Bertz CT molecular complexity index is 911. The predicted octanol–water partition coefficient (Wildman–Crippen LogP) is 11.0. The number of hydrogen-bond acceptors (Lipinski definition) is 2. The Morgan fingerprint density at radius 3 is 0.763 bits per heavy atom. The lowest BCUT2D eigenvalue weighted by molar-refractivity contribution is 0.423. The molecule has 2 N–H and O–H groups in total. The molecular formula is C36H50O2. The summed E-state index contributed by atoms with van der Waals surface area (Å²) in [5.74, 6) is 3.13. The molecule has 206 valence electrons. The van der Waals surface area contributed by atoms with Crippen molar-refractivity contribution in [2.24, 2.45) is 0 Å². The molecule has 38 heavy (non-hydrogen) atoms. The van der Waals surface area contributed by atoms with Crippen LogP contribution in [0.25, 0.3) is 11.1 Å². The average Bonchev–Trinajstić information content (AvgIpc) is 2.98. The molecule has 2 aromatic rings. The molecule has 2 heteroatoms. The van der Waals surface area contributed by atoms with E-state index in [1.807, 2.05) is 0 Å². The van der Waals surface area contributed by atoms with Crippen LogP contribution in [0.5, 0.6) is 11.5 Å². The molecule has 4 aliphatic rings. The van der Waals surface area contributed by atoms with Gasteiger partial charge in [-0.15, -0.1) is 0 Å². The largest absolute Gasteiger partial charge is 0.508 e. The Labute approximate surface area is 231 Å². The Hall–Kier alpha value is -1.96. The van der Waals surface area contributed by atoms with E-state index in [0.29, 0.717) is 35.2 Å². The van der Waals surface area contributed by atoms with E-state index >= 15 is 0 Å². The number of hydrogen-bond donors (Lipinski definition) is 2. The molecular weight excluding hydrogens is 464 g/mol. The molecule has 0 radical (unpaired) electrons. The van der Waals surface area contributed by atoms with Crippen LogP contribution in [0.1, 0.15) is 174 Å². The van der Waals surface area contributed by atoms with Gasteiger partial charge in [-0.05, 0) is 133 Å². The first kappa shape index (κ1) is 26.3. The molecule has 0 aromatic heterocycles. The fourth-order valence-electron chi connectivity index (χ4n) is 8.86. The minimum atomic E-state index is 0.479. The van der Waals surface area contributed by atoms with E-state index in [1.54, 1.807) is 0 Å². The summed E-state index contributed by atoms with van der Waals surface area (Å²) in [6.07, 6.45) is 25.8. The van der Waals surface area contributed by atoms with Crippen LogP contribution in [0.15, 0.2) is 24.3 Å². The summed E-state index contributed by atoms with van der Waals surface area (Å²) in [5, 5.41) is 22.3. The fraction of sp³-hybridized carbons (Fsp3) is 0.667. The molecule has 0 bridgehead atoms. The molecule has 2 nitrogen and oxygen atoms in total. The second-order valence-electron chi connectivity index (χ2n) is 13.3. The quantitative estimate of drug-likeness (QED) is 0.416. The molecule has 0 spiro atoms. The fourth-order valence-corrected chi connectivity index (χ4v) is 8.86. The SMILES string of the molecule is Oc1cc(C2CCCCC2)c(-c2c(C3CCCCC3)cc(O)cc2C2CCCCC2)c(C2CCCCC2)c1. The topological polar surface area (TPSA) is 40.5 Å². The van der Waals surface area contributed by atoms with Crippen molar-refractivity contribution in [3.63, 3.8) is 0 Å². The monoisotopic (exact) mass is 514 g/mol. The van der Waals surface area contributed by atoms with Gasteiger partial charge in [0.1, 0.15) is 11.5 Å². The van der Waals surface area contributed by atoms with Gasteiger partial charge in [0.05, 0.1) is 0 Å². The molecule has 0 aliphatic heterocycles. The lowest BCUT2D eigenvalue weighted by Crippen LogP contribution is -2.16. The van der Waals surface area contributed by atoms with Crippen molar-refractivity contribution in [2.45, 2.75) is 152 Å². The van der Waals surface area contributed by atoms with E-state index < -0.39 is 0 Å². The van der Waals surface area contributed by atoms with E-state index in [0.717, 1.165) is 0 Å². The Kier molecular flexibility index (Phi) is 8.33. The third-order valence-corrected chi connectivity index (χ3v) is 10.8. The zero-order valence-electron chi connectivity index (χ0n) is 23.7. The third-order valence-electron chi connectivity index (χ3n) is 10.8. The smallest absolute Gasteiger partial charge is 0.116 e. The van der Waals surface area contributed by atoms with E-state index in [9.17, 15) is 10.2 Å². The summed E-state index contributed by atoms with van der Waals surface area (Å²) in [4.78, 5) is 0. The molecule has 0 atom stereocenters. The van der Waals surface area contributed by atoms with Crippen molar-refractivity contribution < 1.29 is 10.2 Å². The normalized spacial score (nSPS) is 23.1. The Morgan fingerprint density at radius 2 is 0.553 bits per heavy atom. The summed E-state index contributed by atoms with van der Waals surface area (Å²) < 4.78 is 0. The lowest BCUT2D eigenvalue weighted by Gasteiger charge is -2.35. The second kappa shape index (κ2) is 12.1. The number of phenols is 2. The van der Waals surface area contributed by atoms with Gasteiger partial charge in [0.2, 0.25) is 0 Å². The van der Waals surface area contributed by atoms with Crippen LogP contribution in [0.2, 0.25) is 0 Å². The first-order valence-corrected chi connectivity index (χ1v) is 16.4. The molecule has 0 saturated heterocycles. The first-order valence-electron chi connectivity index (χ1n) is 16.4. The summed E-state index contributed by atoms with van der Waals surface area (Å²) in [5.41, 5.74) is 8.75. The highest BCUT2D eigenvalue weighted by molar-refractivity contribution is 5.81. The highest BCUT2D eigenvalue weighted by Crippen LogP contribution is 2.53. The highest BCUT2D eigenvalue weighted by Gasteiger charge is 2.33. The summed E-state index contributed by atoms with van der Waals surface area (Å²) in [7, 11) is 0. The zero-order chi connectivity index (χ0) is 25.9. The number of rotatable bonds is 5. The maximum atomic E-state index is 11.2. The molecule has 2 aromatic carbocycles. The van der Waals surface area contributed by atoms with Gasteiger partial charge in [0.15, 0.2) is 0 Å². The number of benzene rings is 2. The van der Waals surface area contributed by atoms with Gasteiger partial charge in [-0.2, -0.15) is 0 Å². The molecule has 6 rings (SSSR count). The summed E-state index contributed by atoms with van der Waals surface area (Å²) >= 11 is 0. The van der Waals surface area contributed by atoms with E-state index in [2.05, 4.69) is 24.3 Å². The maximum absolute atomic E-state index is 11.2. The first-order chi connectivity index (χ1) is 18.7. The lowest BCUT2D eigenvalue weighted by atomic mass is 9.69. The molecule has 4 fully saturated rings. The van der Waals surface area contributed by atoms with E-state index in [-0.39, 0.29) is 0 Å². The minimum Gasteiger partial charge on any atom is -0.508 e. The molecule has 0 amide bonds. The predicted molar refractivity (Wildman–Crippen MR) is 159 cm³/mol. The van der Waals surface area contributed by atoms with Crippen molar-refractivity contribution in [3.8, 4) is 22.6 Å². The van der Waals surface area contributed by atoms with Crippen LogP contribution in [0.3, 0.4) is 0 Å². The van der Waals surface area contributed by atoms with Crippen molar-refractivity contribution in [2.75, 3.05) is 0 Å². The summed E-state index contributed by atoms with van der Waals surface area (Å²) in [6.45, 7) is 0. The van der Waals surface area contributed by atoms with Gasteiger partial charge in [-0.1, -0.05) is 77.0 Å². The van der Waals surface area contributed by atoms with Crippen LogP contribution >= 0.6 is 0 Å². The van der Waals surface area contributed by atoms with Crippen LogP contribution in [-0.2, 0) is 0 Å². The second-order valence-corrected chi connectivity index (χ2v) is 13.3. The van der Waals surface area contributed by atoms with Crippen molar-refractivity contribution in [3.05, 3.63) is 46.5 Å². The van der Waals surface area contributed by atoms with Crippen molar-refractivity contribution in [1.82, 2.24) is 0 Å². The molecule has 0 unspecified atom stereocenters. The Morgan fingerprint density at radius 1 is 0.342 bits per heavy atom. The van der Waals surface area contributed by atoms with E-state index in [1.165, 1.54) is 162 Å². The van der Waals surface area contributed by atoms with Crippen LogP contribution in [-0.4, -0.2) is 10.2 Å². The summed E-state index contributed by atoms with van der Waals surface area (Å²) in [6, 6.07) is 8.67. The van der Waals surface area contributed by atoms with Crippen LogP contribution in [0.4, 0.5) is 0 Å². The average molecular weight is 515 g/mol. The third kappa shape index (κ3) is 5.52. The van der Waals surface area contributed by atoms with Crippen molar-refractivity contribution in [1.29, 1.82) is 0 Å². The zero-order valence-corrected chi connectivity index (χ0v) is 23.7. The molecule has 4 saturated carbocycles. The van der Waals surface area contributed by atoms with Crippen molar-refractivity contribution >= 4 is 0 Å². The van der Waals surface area contributed by atoms with E-state index in [4.69, 9.17) is 0 Å². The van der Waals surface area contributed by atoms with Gasteiger partial charge in [-0.25, -0.2) is 0 Å².